The van der Waals surface area contributed by atoms with Crippen LogP contribution in [0.4, 0.5) is 0 Å². The molecule has 0 spiro atoms. The zero-order chi connectivity index (χ0) is 10.1. The Labute approximate surface area is 79.9 Å². The molecule has 0 aliphatic heterocycles. The highest BCUT2D eigenvalue weighted by atomic mass is 16.5. The Balaban J connectivity index is 2.55. The van der Waals surface area contributed by atoms with Crippen molar-refractivity contribution in [2.24, 2.45) is 5.73 Å². The maximum absolute atomic E-state index is 11.0. The van der Waals surface area contributed by atoms with Gasteiger partial charge in [0.25, 0.3) is 0 Å². The predicted molar refractivity (Wildman–Crippen MR) is 52.9 cm³/mol. The number of nitrogens with two attached hydrogens (primary N) is 1. The molecule has 74 valence electrons. The van der Waals surface area contributed by atoms with E-state index in [9.17, 15) is 4.79 Å². The zero-order valence-electron chi connectivity index (χ0n) is 7.70. The molecule has 0 radical (unpaired) electrons. The second-order valence-electron chi connectivity index (χ2n) is 3.04. The summed E-state index contributed by atoms with van der Waals surface area (Å²) in [5, 5.41) is 0. The largest absolute Gasteiger partial charge is 0.363 e. The van der Waals surface area contributed by atoms with Gasteiger partial charge in [0.05, 0.1) is 11.0 Å². The van der Waals surface area contributed by atoms with Gasteiger partial charge in [-0.25, -0.2) is 4.79 Å². The highest BCUT2D eigenvalue weighted by Gasteiger charge is 2.05. The van der Waals surface area contributed by atoms with Crippen molar-refractivity contribution in [1.29, 1.82) is 0 Å². The summed E-state index contributed by atoms with van der Waals surface area (Å²) in [6, 6.07) is 5.41. The first-order valence-corrected chi connectivity index (χ1v) is 4.21. The fraction of sp³-hybridized carbons (Fsp3) is 0.222. The number of imidazole rings is 1. The first kappa shape index (κ1) is 8.98. The van der Waals surface area contributed by atoms with E-state index in [0.29, 0.717) is 0 Å². The van der Waals surface area contributed by atoms with Crippen LogP contribution >= 0.6 is 0 Å². The minimum absolute atomic E-state index is 0.219. The van der Waals surface area contributed by atoms with Crippen LogP contribution in [-0.4, -0.2) is 17.1 Å². The van der Waals surface area contributed by atoms with Crippen molar-refractivity contribution in [2.45, 2.75) is 6.23 Å². The Morgan fingerprint density at radius 2 is 2.07 bits per heavy atom. The number of benzene rings is 1. The van der Waals surface area contributed by atoms with Crippen molar-refractivity contribution in [3.63, 3.8) is 0 Å². The van der Waals surface area contributed by atoms with E-state index >= 15 is 0 Å². The van der Waals surface area contributed by atoms with Crippen LogP contribution in [0.3, 0.4) is 0 Å². The number of aromatic amines is 2. The van der Waals surface area contributed by atoms with Gasteiger partial charge in [-0.3, -0.25) is 0 Å². The lowest BCUT2D eigenvalue weighted by atomic mass is 10.2. The third kappa shape index (κ3) is 1.43. The van der Waals surface area contributed by atoms with E-state index in [-0.39, 0.29) is 5.69 Å². The second-order valence-corrected chi connectivity index (χ2v) is 3.04. The normalized spacial score (nSPS) is 13.3. The third-order valence-corrected chi connectivity index (χ3v) is 2.12. The van der Waals surface area contributed by atoms with Crippen LogP contribution in [0.1, 0.15) is 11.8 Å². The number of hydrogen-bond acceptors (Lipinski definition) is 3. The molecule has 5 heteroatoms. The minimum atomic E-state index is -0.460. The highest BCUT2D eigenvalue weighted by molar-refractivity contribution is 5.75. The SMILES string of the molecule is COC(N)c1ccc2[nH]c(=O)[nH]c2c1. The van der Waals surface area contributed by atoms with E-state index in [1.807, 2.05) is 6.07 Å². The maximum Gasteiger partial charge on any atom is 0.323 e. The van der Waals surface area contributed by atoms with Gasteiger partial charge in [0.2, 0.25) is 0 Å². The van der Waals surface area contributed by atoms with Crippen LogP contribution in [0.2, 0.25) is 0 Å². The summed E-state index contributed by atoms with van der Waals surface area (Å²) < 4.78 is 4.97. The van der Waals surface area contributed by atoms with E-state index in [2.05, 4.69) is 9.97 Å². The van der Waals surface area contributed by atoms with Gasteiger partial charge in [0.15, 0.2) is 0 Å². The number of methoxy groups -OCH3 is 1. The van der Waals surface area contributed by atoms with Crippen molar-refractivity contribution in [3.8, 4) is 0 Å². The number of hydrogen-bond donors (Lipinski definition) is 3. The lowest BCUT2D eigenvalue weighted by Crippen LogP contribution is -2.11. The number of ether oxygens (including phenoxy) is 1. The van der Waals surface area contributed by atoms with Gasteiger partial charge in [-0.1, -0.05) is 6.07 Å². The molecule has 4 N–H and O–H groups in total. The van der Waals surface area contributed by atoms with Gasteiger partial charge in [0.1, 0.15) is 6.23 Å². The van der Waals surface area contributed by atoms with Crippen LogP contribution in [-0.2, 0) is 4.74 Å². The van der Waals surface area contributed by atoms with E-state index in [1.54, 1.807) is 12.1 Å². The Morgan fingerprint density at radius 1 is 1.36 bits per heavy atom. The fourth-order valence-corrected chi connectivity index (χ4v) is 1.36. The van der Waals surface area contributed by atoms with Gasteiger partial charge in [-0.2, -0.15) is 0 Å². The van der Waals surface area contributed by atoms with E-state index in [0.717, 1.165) is 16.6 Å². The first-order valence-electron chi connectivity index (χ1n) is 4.21. The molecule has 0 aliphatic rings. The Bertz CT molecular complexity index is 500. The summed E-state index contributed by atoms with van der Waals surface area (Å²) in [7, 11) is 1.54. The number of H-pyrrole nitrogens is 2. The maximum atomic E-state index is 11.0. The Hall–Kier alpha value is -1.59. The quantitative estimate of drug-likeness (QED) is 0.606. The number of fused-ring (bicyclic) bond motifs is 1. The van der Waals surface area contributed by atoms with Crippen molar-refractivity contribution in [3.05, 3.63) is 34.2 Å². The first-order chi connectivity index (χ1) is 6.70. The van der Waals surface area contributed by atoms with E-state index in [4.69, 9.17) is 10.5 Å². The van der Waals surface area contributed by atoms with Gasteiger partial charge in [-0.15, -0.1) is 0 Å². The lowest BCUT2D eigenvalue weighted by molar-refractivity contribution is 0.109. The highest BCUT2D eigenvalue weighted by Crippen LogP contribution is 2.15. The Morgan fingerprint density at radius 3 is 2.79 bits per heavy atom. The van der Waals surface area contributed by atoms with Gasteiger partial charge in [0, 0.05) is 7.11 Å². The van der Waals surface area contributed by atoms with E-state index in [1.165, 1.54) is 7.11 Å². The summed E-state index contributed by atoms with van der Waals surface area (Å²) >= 11 is 0. The smallest absolute Gasteiger partial charge is 0.323 e. The summed E-state index contributed by atoms with van der Waals surface area (Å²) in [5.74, 6) is 0. The molecule has 0 bridgehead atoms. The number of aromatic nitrogens is 2. The third-order valence-electron chi connectivity index (χ3n) is 2.12. The lowest BCUT2D eigenvalue weighted by Gasteiger charge is -2.08. The molecule has 2 aromatic rings. The van der Waals surface area contributed by atoms with Crippen LogP contribution in [0.25, 0.3) is 11.0 Å². The van der Waals surface area contributed by atoms with Crippen LogP contribution in [0.15, 0.2) is 23.0 Å². The Kier molecular flexibility index (Phi) is 2.11. The number of nitrogens with one attached hydrogen (secondary N) is 2. The molecule has 5 nitrogen and oxygen atoms in total. The molecular formula is C9H11N3O2. The average molecular weight is 193 g/mol. The van der Waals surface area contributed by atoms with Crippen molar-refractivity contribution in [2.75, 3.05) is 7.11 Å². The molecule has 0 amide bonds. The van der Waals surface area contributed by atoms with Gasteiger partial charge >= 0.3 is 5.69 Å². The molecule has 0 saturated heterocycles. The van der Waals surface area contributed by atoms with Crippen LogP contribution in [0.5, 0.6) is 0 Å². The average Bonchev–Trinajstić information content (AvgIpc) is 2.55. The molecule has 1 heterocycles. The number of rotatable bonds is 2. The van der Waals surface area contributed by atoms with Crippen LogP contribution in [0, 0.1) is 0 Å². The van der Waals surface area contributed by atoms with Crippen molar-refractivity contribution < 1.29 is 4.74 Å². The summed E-state index contributed by atoms with van der Waals surface area (Å²) in [6.07, 6.45) is -0.460. The fourth-order valence-electron chi connectivity index (χ4n) is 1.36. The van der Waals surface area contributed by atoms with Crippen molar-refractivity contribution in [1.82, 2.24) is 9.97 Å². The molecular weight excluding hydrogens is 182 g/mol. The molecule has 14 heavy (non-hydrogen) atoms. The van der Waals surface area contributed by atoms with E-state index < -0.39 is 6.23 Å². The molecule has 1 aromatic carbocycles. The molecule has 0 fully saturated rings. The molecule has 1 atom stereocenters. The standard InChI is InChI=1S/C9H11N3O2/c1-14-8(10)5-2-3-6-7(4-5)12-9(13)11-6/h2-4,8H,10H2,1H3,(H2,11,12,13). The zero-order valence-corrected chi connectivity index (χ0v) is 7.70. The minimum Gasteiger partial charge on any atom is -0.363 e. The molecule has 1 unspecified atom stereocenters. The monoisotopic (exact) mass is 193 g/mol. The van der Waals surface area contributed by atoms with Crippen molar-refractivity contribution >= 4 is 11.0 Å². The molecule has 1 aromatic heterocycles. The summed E-state index contributed by atoms with van der Waals surface area (Å²) in [5.41, 5.74) is 7.78. The second kappa shape index (κ2) is 3.28. The predicted octanol–water partition coefficient (Wildman–Crippen LogP) is 0.460. The van der Waals surface area contributed by atoms with Gasteiger partial charge in [-0.05, 0) is 17.7 Å². The summed E-state index contributed by atoms with van der Waals surface area (Å²) in [4.78, 5) is 16.3. The molecule has 0 saturated carbocycles. The molecule has 0 aliphatic carbocycles. The molecule has 2 rings (SSSR count). The van der Waals surface area contributed by atoms with Crippen LogP contribution < -0.4 is 11.4 Å². The van der Waals surface area contributed by atoms with Gasteiger partial charge < -0.3 is 20.4 Å². The summed E-state index contributed by atoms with van der Waals surface area (Å²) in [6.45, 7) is 0. The topological polar surface area (TPSA) is 83.9 Å².